The first-order valence-electron chi connectivity index (χ1n) is 9.40. The van der Waals surface area contributed by atoms with Gasteiger partial charge in [0.15, 0.2) is 11.5 Å². The Morgan fingerprint density at radius 2 is 1.65 bits per heavy atom. The van der Waals surface area contributed by atoms with Gasteiger partial charge in [0, 0.05) is 18.7 Å². The third-order valence-electron chi connectivity index (χ3n) is 4.31. The van der Waals surface area contributed by atoms with Gasteiger partial charge in [0.2, 0.25) is 0 Å². The highest BCUT2D eigenvalue weighted by atomic mass is 16.5. The summed E-state index contributed by atoms with van der Waals surface area (Å²) in [6, 6.07) is 14.9. The second-order valence-electron chi connectivity index (χ2n) is 8.20. The second-order valence-corrected chi connectivity index (χ2v) is 8.20. The third kappa shape index (κ3) is 5.77. The van der Waals surface area contributed by atoms with Gasteiger partial charge >= 0.3 is 0 Å². The molecular weight excluding hydrogens is 322 g/mol. The molecule has 0 fully saturated rings. The number of rotatable bonds is 8. The fourth-order valence-electron chi connectivity index (χ4n) is 2.74. The van der Waals surface area contributed by atoms with E-state index in [4.69, 9.17) is 9.47 Å². The Morgan fingerprint density at radius 3 is 2.23 bits per heavy atom. The summed E-state index contributed by atoms with van der Waals surface area (Å²) in [5.41, 5.74) is 3.95. The van der Waals surface area contributed by atoms with Crippen LogP contribution in [-0.2, 0) is 18.5 Å². The van der Waals surface area contributed by atoms with Crippen molar-refractivity contribution in [2.75, 3.05) is 13.7 Å². The maximum Gasteiger partial charge on any atom is 0.165 e. The maximum absolute atomic E-state index is 6.01. The molecule has 0 heterocycles. The molecule has 0 saturated carbocycles. The van der Waals surface area contributed by atoms with Crippen LogP contribution in [0.15, 0.2) is 42.5 Å². The molecule has 0 aliphatic rings. The maximum atomic E-state index is 6.01. The van der Waals surface area contributed by atoms with Gasteiger partial charge in [-0.15, -0.1) is 0 Å². The van der Waals surface area contributed by atoms with E-state index in [-0.39, 0.29) is 5.41 Å². The first-order valence-corrected chi connectivity index (χ1v) is 9.40. The zero-order chi connectivity index (χ0) is 19.2. The van der Waals surface area contributed by atoms with Gasteiger partial charge in [-0.2, -0.15) is 0 Å². The summed E-state index contributed by atoms with van der Waals surface area (Å²) in [6.07, 6.45) is 0. The number of methoxy groups -OCH3 is 1. The Hall–Kier alpha value is -2.00. The van der Waals surface area contributed by atoms with E-state index in [0.717, 1.165) is 30.2 Å². The van der Waals surface area contributed by atoms with Crippen molar-refractivity contribution in [1.29, 1.82) is 0 Å². The molecule has 2 aromatic rings. The Bertz CT molecular complexity index is 684. The number of hydrogen-bond acceptors (Lipinski definition) is 3. The van der Waals surface area contributed by atoms with Crippen LogP contribution in [0, 0.1) is 5.92 Å². The van der Waals surface area contributed by atoms with E-state index in [0.29, 0.717) is 12.5 Å². The van der Waals surface area contributed by atoms with Crippen LogP contribution in [0.25, 0.3) is 0 Å². The Morgan fingerprint density at radius 1 is 0.962 bits per heavy atom. The van der Waals surface area contributed by atoms with Gasteiger partial charge in [-0.05, 0) is 28.5 Å². The molecule has 2 aromatic carbocycles. The van der Waals surface area contributed by atoms with E-state index >= 15 is 0 Å². The molecule has 0 aromatic heterocycles. The van der Waals surface area contributed by atoms with Gasteiger partial charge < -0.3 is 14.8 Å². The molecule has 0 aliphatic carbocycles. The predicted molar refractivity (Wildman–Crippen MR) is 109 cm³/mol. The summed E-state index contributed by atoms with van der Waals surface area (Å²) in [5, 5.41) is 3.52. The minimum absolute atomic E-state index is 0.190. The molecule has 0 unspecified atom stereocenters. The number of benzene rings is 2. The van der Waals surface area contributed by atoms with Gasteiger partial charge in [0.25, 0.3) is 0 Å². The first-order chi connectivity index (χ1) is 12.3. The predicted octanol–water partition coefficient (Wildman–Crippen LogP) is 5.32. The molecule has 0 atom stereocenters. The normalized spacial score (nSPS) is 11.7. The summed E-state index contributed by atoms with van der Waals surface area (Å²) < 4.78 is 11.5. The van der Waals surface area contributed by atoms with Gasteiger partial charge in [0.05, 0.1) is 13.7 Å². The molecule has 142 valence electrons. The lowest BCUT2D eigenvalue weighted by Crippen LogP contribution is -2.15. The molecule has 3 heteroatoms. The average molecular weight is 356 g/mol. The largest absolute Gasteiger partial charge is 0.493 e. The lowest BCUT2D eigenvalue weighted by molar-refractivity contribution is 0.254. The second kappa shape index (κ2) is 9.09. The Labute approximate surface area is 158 Å². The highest BCUT2D eigenvalue weighted by Crippen LogP contribution is 2.31. The zero-order valence-electron chi connectivity index (χ0n) is 17.1. The quantitative estimate of drug-likeness (QED) is 0.695. The van der Waals surface area contributed by atoms with Crippen LogP contribution in [0.1, 0.15) is 51.3 Å². The summed E-state index contributed by atoms with van der Waals surface area (Å²) in [6.45, 7) is 13.3. The van der Waals surface area contributed by atoms with Crippen molar-refractivity contribution in [3.8, 4) is 11.5 Å². The number of ether oxygens (including phenoxy) is 2. The SMILES string of the molecule is COc1cccc(CNCc2ccc(C(C)(C)C)cc2)c1OCC(C)C. The van der Waals surface area contributed by atoms with Crippen molar-refractivity contribution in [2.24, 2.45) is 5.92 Å². The van der Waals surface area contributed by atoms with E-state index < -0.39 is 0 Å². The first kappa shape index (κ1) is 20.3. The van der Waals surface area contributed by atoms with Gasteiger partial charge in [-0.3, -0.25) is 0 Å². The van der Waals surface area contributed by atoms with Crippen LogP contribution >= 0.6 is 0 Å². The van der Waals surface area contributed by atoms with E-state index in [1.165, 1.54) is 11.1 Å². The molecule has 0 radical (unpaired) electrons. The molecule has 0 aliphatic heterocycles. The fourth-order valence-corrected chi connectivity index (χ4v) is 2.74. The lowest BCUT2D eigenvalue weighted by atomic mass is 9.87. The summed E-state index contributed by atoms with van der Waals surface area (Å²) in [4.78, 5) is 0. The van der Waals surface area contributed by atoms with Crippen molar-refractivity contribution < 1.29 is 9.47 Å². The van der Waals surface area contributed by atoms with Crippen molar-refractivity contribution in [3.05, 3.63) is 59.2 Å². The van der Waals surface area contributed by atoms with Crippen LogP contribution in [0.3, 0.4) is 0 Å². The van der Waals surface area contributed by atoms with Gasteiger partial charge in [-0.1, -0.05) is 71.0 Å². The molecule has 3 nitrogen and oxygen atoms in total. The minimum atomic E-state index is 0.190. The minimum Gasteiger partial charge on any atom is -0.493 e. The topological polar surface area (TPSA) is 30.5 Å². The number of hydrogen-bond donors (Lipinski definition) is 1. The van der Waals surface area contributed by atoms with Crippen LogP contribution in [-0.4, -0.2) is 13.7 Å². The Kier molecular flexibility index (Phi) is 7.10. The highest BCUT2D eigenvalue weighted by molar-refractivity contribution is 5.46. The van der Waals surface area contributed by atoms with Crippen LogP contribution in [0.2, 0.25) is 0 Å². The molecule has 0 amide bonds. The molecule has 0 saturated heterocycles. The van der Waals surface area contributed by atoms with Crippen LogP contribution in [0.4, 0.5) is 0 Å². The monoisotopic (exact) mass is 355 g/mol. The number of nitrogens with one attached hydrogen (secondary N) is 1. The standard InChI is InChI=1S/C23H33NO2/c1-17(2)16-26-22-19(8-7-9-21(22)25-6)15-24-14-18-10-12-20(13-11-18)23(3,4)5/h7-13,17,24H,14-16H2,1-6H3. The molecule has 0 spiro atoms. The summed E-state index contributed by atoms with van der Waals surface area (Å²) >= 11 is 0. The van der Waals surface area contributed by atoms with Gasteiger partial charge in [0.1, 0.15) is 0 Å². The summed E-state index contributed by atoms with van der Waals surface area (Å²) in [7, 11) is 1.69. The molecule has 0 bridgehead atoms. The van der Waals surface area contributed by atoms with Crippen molar-refractivity contribution >= 4 is 0 Å². The van der Waals surface area contributed by atoms with Crippen molar-refractivity contribution in [1.82, 2.24) is 5.32 Å². The van der Waals surface area contributed by atoms with E-state index in [9.17, 15) is 0 Å². The van der Waals surface area contributed by atoms with E-state index in [1.54, 1.807) is 7.11 Å². The molecule has 1 N–H and O–H groups in total. The Balaban J connectivity index is 2.00. The molecular formula is C23H33NO2. The van der Waals surface area contributed by atoms with E-state index in [2.05, 4.69) is 70.3 Å². The smallest absolute Gasteiger partial charge is 0.165 e. The van der Waals surface area contributed by atoms with Crippen LogP contribution < -0.4 is 14.8 Å². The van der Waals surface area contributed by atoms with Crippen molar-refractivity contribution in [2.45, 2.75) is 53.1 Å². The average Bonchev–Trinajstić information content (AvgIpc) is 2.59. The van der Waals surface area contributed by atoms with Crippen molar-refractivity contribution in [3.63, 3.8) is 0 Å². The van der Waals surface area contributed by atoms with Gasteiger partial charge in [-0.25, -0.2) is 0 Å². The molecule has 2 rings (SSSR count). The van der Waals surface area contributed by atoms with E-state index in [1.807, 2.05) is 12.1 Å². The third-order valence-corrected chi connectivity index (χ3v) is 4.31. The lowest BCUT2D eigenvalue weighted by Gasteiger charge is -2.19. The molecule has 26 heavy (non-hydrogen) atoms. The zero-order valence-corrected chi connectivity index (χ0v) is 17.1. The number of para-hydroxylation sites is 1. The fraction of sp³-hybridized carbons (Fsp3) is 0.478. The summed E-state index contributed by atoms with van der Waals surface area (Å²) in [5.74, 6) is 2.11. The highest BCUT2D eigenvalue weighted by Gasteiger charge is 2.13. The van der Waals surface area contributed by atoms with Crippen LogP contribution in [0.5, 0.6) is 11.5 Å².